The second kappa shape index (κ2) is 6.40. The molecule has 0 bridgehead atoms. The zero-order valence-corrected chi connectivity index (χ0v) is 12.4. The second-order valence-electron chi connectivity index (χ2n) is 5.01. The maximum Gasteiger partial charge on any atom is 0.329 e. The van der Waals surface area contributed by atoms with E-state index in [0.717, 1.165) is 4.90 Å². The molecule has 0 fully saturated rings. The van der Waals surface area contributed by atoms with E-state index in [9.17, 15) is 14.4 Å². The van der Waals surface area contributed by atoms with Crippen LogP contribution in [-0.4, -0.2) is 77.5 Å². The van der Waals surface area contributed by atoms with E-state index in [1.165, 1.54) is 30.7 Å². The van der Waals surface area contributed by atoms with Crippen LogP contribution in [0.25, 0.3) is 0 Å². The van der Waals surface area contributed by atoms with Gasteiger partial charge in [-0.05, 0) is 20.8 Å². The maximum atomic E-state index is 12.2. The van der Waals surface area contributed by atoms with Gasteiger partial charge in [-0.2, -0.15) is 0 Å². The van der Waals surface area contributed by atoms with Crippen molar-refractivity contribution in [2.45, 2.75) is 26.3 Å². The molecule has 0 heterocycles. The third kappa shape index (κ3) is 4.11. The van der Waals surface area contributed by atoms with Crippen molar-refractivity contribution in [3.05, 3.63) is 0 Å². The van der Waals surface area contributed by atoms with Crippen molar-refractivity contribution >= 4 is 17.9 Å². The zero-order valence-electron chi connectivity index (χ0n) is 12.4. The zero-order chi connectivity index (χ0) is 15.4. The Morgan fingerprint density at radius 3 is 1.89 bits per heavy atom. The molecule has 0 spiro atoms. The summed E-state index contributed by atoms with van der Waals surface area (Å²) in [5, 5.41) is 9.10. The van der Waals surface area contributed by atoms with Crippen molar-refractivity contribution in [1.29, 1.82) is 0 Å². The highest BCUT2D eigenvalue weighted by atomic mass is 16.4. The molecule has 7 heteroatoms. The topological polar surface area (TPSA) is 81.2 Å². The first-order valence-electron chi connectivity index (χ1n) is 6.02. The monoisotopic (exact) mass is 273 g/mol. The SMILES string of the molecule is CCN(CC(=O)N(C)C)C(=O)N(C)C(C)(C)C(=O)O. The number of carboxylic acids is 1. The summed E-state index contributed by atoms with van der Waals surface area (Å²) in [6, 6.07) is -0.481. The summed E-state index contributed by atoms with van der Waals surface area (Å²) in [5.41, 5.74) is -1.33. The standard InChI is InChI=1S/C12H23N3O4/c1-7-15(8-9(16)13(4)5)11(19)14(6)12(2,3)10(17)18/h7-8H2,1-6H3,(H,17,18). The highest BCUT2D eigenvalue weighted by Gasteiger charge is 2.37. The first kappa shape index (κ1) is 17.2. The second-order valence-corrected chi connectivity index (χ2v) is 5.01. The van der Waals surface area contributed by atoms with Crippen LogP contribution in [0.4, 0.5) is 4.79 Å². The lowest BCUT2D eigenvalue weighted by Crippen LogP contribution is -2.56. The summed E-state index contributed by atoms with van der Waals surface area (Å²) >= 11 is 0. The Morgan fingerprint density at radius 2 is 1.58 bits per heavy atom. The molecule has 0 saturated carbocycles. The average Bonchev–Trinajstić information content (AvgIpc) is 2.33. The summed E-state index contributed by atoms with van der Waals surface area (Å²) in [7, 11) is 4.62. The highest BCUT2D eigenvalue weighted by molar-refractivity contribution is 5.88. The first-order chi connectivity index (χ1) is 8.55. The number of rotatable bonds is 5. The van der Waals surface area contributed by atoms with E-state index in [1.807, 2.05) is 0 Å². The Hall–Kier alpha value is -1.79. The van der Waals surface area contributed by atoms with Gasteiger partial charge in [0.2, 0.25) is 5.91 Å². The summed E-state index contributed by atoms with van der Waals surface area (Å²) in [6.45, 7) is 4.88. The van der Waals surface area contributed by atoms with E-state index >= 15 is 0 Å². The fourth-order valence-corrected chi connectivity index (χ4v) is 1.21. The summed E-state index contributed by atoms with van der Waals surface area (Å²) in [4.78, 5) is 38.8. The molecule has 0 aromatic rings. The van der Waals surface area contributed by atoms with Crippen LogP contribution in [0, 0.1) is 0 Å². The van der Waals surface area contributed by atoms with Crippen molar-refractivity contribution in [2.75, 3.05) is 34.2 Å². The molecule has 19 heavy (non-hydrogen) atoms. The van der Waals surface area contributed by atoms with Crippen molar-refractivity contribution in [3.8, 4) is 0 Å². The van der Waals surface area contributed by atoms with E-state index in [0.29, 0.717) is 6.54 Å². The predicted octanol–water partition coefficient (Wildman–Crippen LogP) is 0.312. The van der Waals surface area contributed by atoms with Gasteiger partial charge < -0.3 is 19.8 Å². The number of nitrogens with zero attached hydrogens (tertiary/aromatic N) is 3. The van der Waals surface area contributed by atoms with Crippen LogP contribution >= 0.6 is 0 Å². The Morgan fingerprint density at radius 1 is 1.11 bits per heavy atom. The number of urea groups is 1. The van der Waals surface area contributed by atoms with Crippen LogP contribution < -0.4 is 0 Å². The molecule has 3 amide bonds. The number of carboxylic acid groups (broad SMARTS) is 1. The van der Waals surface area contributed by atoms with Gasteiger partial charge in [0.25, 0.3) is 0 Å². The quantitative estimate of drug-likeness (QED) is 0.781. The molecule has 110 valence electrons. The van der Waals surface area contributed by atoms with Crippen molar-refractivity contribution in [3.63, 3.8) is 0 Å². The summed E-state index contributed by atoms with van der Waals surface area (Å²) in [5.74, 6) is -1.31. The lowest BCUT2D eigenvalue weighted by Gasteiger charge is -2.35. The molecule has 7 nitrogen and oxygen atoms in total. The van der Waals surface area contributed by atoms with E-state index in [4.69, 9.17) is 5.11 Å². The lowest BCUT2D eigenvalue weighted by molar-refractivity contribution is -0.147. The molecule has 1 N–H and O–H groups in total. The lowest BCUT2D eigenvalue weighted by atomic mass is 10.0. The van der Waals surface area contributed by atoms with Gasteiger partial charge >= 0.3 is 12.0 Å². The normalized spacial score (nSPS) is 10.8. The summed E-state index contributed by atoms with van der Waals surface area (Å²) in [6.07, 6.45) is 0. The fourth-order valence-electron chi connectivity index (χ4n) is 1.21. The highest BCUT2D eigenvalue weighted by Crippen LogP contribution is 2.14. The van der Waals surface area contributed by atoms with Crippen LogP contribution in [0.5, 0.6) is 0 Å². The Bertz CT molecular complexity index is 366. The van der Waals surface area contributed by atoms with Crippen LogP contribution in [0.3, 0.4) is 0 Å². The Balaban J connectivity index is 4.95. The van der Waals surface area contributed by atoms with Crippen LogP contribution in [-0.2, 0) is 9.59 Å². The third-order valence-corrected chi connectivity index (χ3v) is 3.13. The molecule has 0 aromatic carbocycles. The molecular weight excluding hydrogens is 250 g/mol. The van der Waals surface area contributed by atoms with Gasteiger partial charge in [-0.1, -0.05) is 0 Å². The molecule has 0 saturated heterocycles. The molecule has 0 aliphatic rings. The minimum Gasteiger partial charge on any atom is -0.480 e. The van der Waals surface area contributed by atoms with Crippen LogP contribution in [0.1, 0.15) is 20.8 Å². The van der Waals surface area contributed by atoms with Gasteiger partial charge in [0.1, 0.15) is 12.1 Å². The van der Waals surface area contributed by atoms with Gasteiger partial charge in [-0.15, -0.1) is 0 Å². The molecule has 0 atom stereocenters. The molecule has 0 unspecified atom stereocenters. The van der Waals surface area contributed by atoms with Gasteiger partial charge in [-0.25, -0.2) is 9.59 Å². The van der Waals surface area contributed by atoms with E-state index in [2.05, 4.69) is 0 Å². The largest absolute Gasteiger partial charge is 0.480 e. The van der Waals surface area contributed by atoms with Gasteiger partial charge in [-0.3, -0.25) is 4.79 Å². The van der Waals surface area contributed by atoms with E-state index in [-0.39, 0.29) is 12.5 Å². The number of hydrogen-bond acceptors (Lipinski definition) is 3. The van der Waals surface area contributed by atoms with E-state index in [1.54, 1.807) is 21.0 Å². The van der Waals surface area contributed by atoms with Gasteiger partial charge in [0, 0.05) is 27.7 Å². The average molecular weight is 273 g/mol. The van der Waals surface area contributed by atoms with Crippen LogP contribution in [0.2, 0.25) is 0 Å². The number of likely N-dealkylation sites (N-methyl/N-ethyl adjacent to an activating group) is 3. The Labute approximate surface area is 113 Å². The minimum absolute atomic E-state index is 0.0671. The molecule has 0 aromatic heterocycles. The van der Waals surface area contributed by atoms with Crippen molar-refractivity contribution in [1.82, 2.24) is 14.7 Å². The predicted molar refractivity (Wildman–Crippen MR) is 70.8 cm³/mol. The third-order valence-electron chi connectivity index (χ3n) is 3.13. The Kier molecular flexibility index (Phi) is 5.80. The van der Waals surface area contributed by atoms with Crippen molar-refractivity contribution < 1.29 is 19.5 Å². The number of amides is 3. The number of hydrogen-bond donors (Lipinski definition) is 1. The minimum atomic E-state index is -1.33. The van der Waals surface area contributed by atoms with Gasteiger partial charge in [0.05, 0.1) is 0 Å². The fraction of sp³-hybridized carbons (Fsp3) is 0.750. The smallest absolute Gasteiger partial charge is 0.329 e. The number of carbonyl (C=O) groups excluding carboxylic acids is 2. The summed E-state index contributed by atoms with van der Waals surface area (Å²) < 4.78 is 0. The molecule has 0 rings (SSSR count). The van der Waals surface area contributed by atoms with E-state index < -0.39 is 17.5 Å². The van der Waals surface area contributed by atoms with Crippen molar-refractivity contribution in [2.24, 2.45) is 0 Å². The molecule has 0 aliphatic heterocycles. The molecule has 0 aliphatic carbocycles. The molecular formula is C12H23N3O4. The number of aliphatic carboxylic acids is 1. The van der Waals surface area contributed by atoms with Crippen LogP contribution in [0.15, 0.2) is 0 Å². The van der Waals surface area contributed by atoms with Gasteiger partial charge in [0.15, 0.2) is 0 Å². The first-order valence-corrected chi connectivity index (χ1v) is 6.02. The number of carbonyl (C=O) groups is 3. The molecule has 0 radical (unpaired) electrons. The maximum absolute atomic E-state index is 12.2.